The van der Waals surface area contributed by atoms with E-state index in [9.17, 15) is 4.79 Å². The summed E-state index contributed by atoms with van der Waals surface area (Å²) in [5.41, 5.74) is 1.02. The van der Waals surface area contributed by atoms with E-state index in [-0.39, 0.29) is 18.7 Å². The number of cyclic esters (lactones) is 1. The third-order valence-corrected chi connectivity index (χ3v) is 3.51. The van der Waals surface area contributed by atoms with Crippen molar-refractivity contribution in [3.05, 3.63) is 47.6 Å². The summed E-state index contributed by atoms with van der Waals surface area (Å²) in [4.78, 5) is 17.8. The maximum Gasteiger partial charge on any atom is 0.410 e. The van der Waals surface area contributed by atoms with Crippen LogP contribution < -0.4 is 0 Å². The molecule has 1 aromatic carbocycles. The molecule has 0 unspecified atom stereocenters. The Morgan fingerprint density at radius 1 is 1.36 bits per heavy atom. The Hall–Kier alpha value is -2.41. The summed E-state index contributed by atoms with van der Waals surface area (Å²) in [5, 5.41) is 3.87. The minimum absolute atomic E-state index is 0.136. The first-order valence-electron chi connectivity index (χ1n) is 7.06. The number of benzene rings is 1. The number of carbonyl (C=O) groups excluding carboxylic acids is 1. The molecule has 0 spiro atoms. The van der Waals surface area contributed by atoms with Crippen LogP contribution in [0.5, 0.6) is 0 Å². The van der Waals surface area contributed by atoms with Gasteiger partial charge in [0.1, 0.15) is 13.2 Å². The minimum atomic E-state index is -0.370. The first-order chi connectivity index (χ1) is 10.8. The summed E-state index contributed by atoms with van der Waals surface area (Å²) in [6.45, 7) is 1.09. The highest BCUT2D eigenvalue weighted by molar-refractivity contribution is 5.70. The van der Waals surface area contributed by atoms with E-state index < -0.39 is 0 Å². The fourth-order valence-corrected chi connectivity index (χ4v) is 2.37. The van der Waals surface area contributed by atoms with Crippen molar-refractivity contribution in [1.29, 1.82) is 0 Å². The molecular weight excluding hydrogens is 286 g/mol. The van der Waals surface area contributed by atoms with Crippen LogP contribution in [-0.4, -0.2) is 41.5 Å². The Kier molecular flexibility index (Phi) is 4.34. The SMILES string of the molecule is COCCc1noc(CN2C(=O)OC[C@@H]2c2ccccc2)n1. The molecule has 7 nitrogen and oxygen atoms in total. The second-order valence-electron chi connectivity index (χ2n) is 4.98. The Labute approximate surface area is 127 Å². The summed E-state index contributed by atoms with van der Waals surface area (Å²) in [6.07, 6.45) is 0.206. The van der Waals surface area contributed by atoms with Gasteiger partial charge in [0, 0.05) is 13.5 Å². The molecule has 116 valence electrons. The van der Waals surface area contributed by atoms with Gasteiger partial charge in [0.05, 0.1) is 12.6 Å². The fourth-order valence-electron chi connectivity index (χ4n) is 2.37. The zero-order valence-corrected chi connectivity index (χ0v) is 12.3. The van der Waals surface area contributed by atoms with Crippen LogP contribution in [0.1, 0.15) is 23.3 Å². The molecule has 1 atom stereocenters. The van der Waals surface area contributed by atoms with Crippen LogP contribution >= 0.6 is 0 Å². The average Bonchev–Trinajstić information content (AvgIpc) is 3.14. The summed E-state index contributed by atoms with van der Waals surface area (Å²) in [6, 6.07) is 9.61. The number of carbonyl (C=O) groups is 1. The van der Waals surface area contributed by atoms with Gasteiger partial charge in [0.25, 0.3) is 0 Å². The van der Waals surface area contributed by atoms with Crippen LogP contribution in [0, 0.1) is 0 Å². The summed E-state index contributed by atoms with van der Waals surface area (Å²) in [7, 11) is 1.62. The molecule has 2 heterocycles. The van der Waals surface area contributed by atoms with Crippen LogP contribution in [-0.2, 0) is 22.4 Å². The molecule has 0 bridgehead atoms. The lowest BCUT2D eigenvalue weighted by Gasteiger charge is -2.19. The molecule has 22 heavy (non-hydrogen) atoms. The number of aromatic nitrogens is 2. The van der Waals surface area contributed by atoms with Gasteiger partial charge in [-0.1, -0.05) is 35.5 Å². The van der Waals surface area contributed by atoms with Crippen molar-refractivity contribution in [3.63, 3.8) is 0 Å². The highest BCUT2D eigenvalue weighted by Gasteiger charge is 2.35. The van der Waals surface area contributed by atoms with Gasteiger partial charge < -0.3 is 14.0 Å². The van der Waals surface area contributed by atoms with Gasteiger partial charge in [-0.2, -0.15) is 4.98 Å². The highest BCUT2D eigenvalue weighted by Crippen LogP contribution is 2.28. The molecule has 0 radical (unpaired) electrons. The highest BCUT2D eigenvalue weighted by atomic mass is 16.6. The maximum atomic E-state index is 11.9. The summed E-state index contributed by atoms with van der Waals surface area (Å²) < 4.78 is 15.3. The molecule has 0 saturated carbocycles. The third-order valence-electron chi connectivity index (χ3n) is 3.51. The number of rotatable bonds is 6. The Morgan fingerprint density at radius 3 is 2.95 bits per heavy atom. The predicted octanol–water partition coefficient (Wildman–Crippen LogP) is 1.95. The molecule has 1 saturated heterocycles. The molecule has 1 aliphatic rings. The lowest BCUT2D eigenvalue weighted by atomic mass is 10.1. The van der Waals surface area contributed by atoms with E-state index in [4.69, 9.17) is 14.0 Å². The van der Waals surface area contributed by atoms with Crippen LogP contribution in [0.4, 0.5) is 4.79 Å². The van der Waals surface area contributed by atoms with E-state index in [1.165, 1.54) is 0 Å². The normalized spacial score (nSPS) is 17.8. The van der Waals surface area contributed by atoms with E-state index in [0.29, 0.717) is 31.3 Å². The van der Waals surface area contributed by atoms with Gasteiger partial charge >= 0.3 is 6.09 Å². The van der Waals surface area contributed by atoms with Crippen LogP contribution in [0.3, 0.4) is 0 Å². The van der Waals surface area contributed by atoms with Crippen LogP contribution in [0.2, 0.25) is 0 Å². The number of ether oxygens (including phenoxy) is 2. The Bertz CT molecular complexity index is 629. The summed E-state index contributed by atoms with van der Waals surface area (Å²) in [5.74, 6) is 0.964. The zero-order chi connectivity index (χ0) is 15.4. The van der Waals surface area contributed by atoms with E-state index in [2.05, 4.69) is 10.1 Å². The standard InChI is InChI=1S/C15H17N3O4/c1-20-8-7-13-16-14(22-17-13)9-18-12(10-21-15(18)19)11-5-3-2-4-6-11/h2-6,12H,7-10H2,1H3/t12-/m1/s1. The zero-order valence-electron chi connectivity index (χ0n) is 12.3. The van der Waals surface area contributed by atoms with Crippen molar-refractivity contribution in [2.75, 3.05) is 20.3 Å². The average molecular weight is 303 g/mol. The Morgan fingerprint density at radius 2 is 2.18 bits per heavy atom. The molecule has 1 fully saturated rings. The largest absolute Gasteiger partial charge is 0.447 e. The van der Waals surface area contributed by atoms with Crippen molar-refractivity contribution >= 4 is 6.09 Å². The number of amides is 1. The minimum Gasteiger partial charge on any atom is -0.447 e. The third kappa shape index (κ3) is 3.09. The summed E-state index contributed by atoms with van der Waals surface area (Å²) >= 11 is 0. The molecule has 0 N–H and O–H groups in total. The lowest BCUT2D eigenvalue weighted by Crippen LogP contribution is -2.27. The van der Waals surface area contributed by atoms with Crippen molar-refractivity contribution in [2.24, 2.45) is 0 Å². The van der Waals surface area contributed by atoms with Gasteiger partial charge in [0.2, 0.25) is 5.89 Å². The van der Waals surface area contributed by atoms with Crippen molar-refractivity contribution in [1.82, 2.24) is 15.0 Å². The fraction of sp³-hybridized carbons (Fsp3) is 0.400. The van der Waals surface area contributed by atoms with Gasteiger partial charge in [-0.3, -0.25) is 4.90 Å². The topological polar surface area (TPSA) is 77.7 Å². The van der Waals surface area contributed by atoms with Crippen LogP contribution in [0.15, 0.2) is 34.9 Å². The van der Waals surface area contributed by atoms with E-state index in [1.54, 1.807) is 12.0 Å². The number of hydrogen-bond acceptors (Lipinski definition) is 6. The van der Waals surface area contributed by atoms with Gasteiger partial charge in [-0.25, -0.2) is 4.79 Å². The molecule has 0 aliphatic carbocycles. The second-order valence-corrected chi connectivity index (χ2v) is 4.98. The lowest BCUT2D eigenvalue weighted by molar-refractivity contribution is 0.152. The molecule has 1 aromatic heterocycles. The van der Waals surface area contributed by atoms with Crippen molar-refractivity contribution in [3.8, 4) is 0 Å². The molecule has 1 amide bonds. The van der Waals surface area contributed by atoms with E-state index in [1.807, 2.05) is 30.3 Å². The van der Waals surface area contributed by atoms with Gasteiger partial charge in [-0.05, 0) is 5.56 Å². The van der Waals surface area contributed by atoms with E-state index in [0.717, 1.165) is 5.56 Å². The van der Waals surface area contributed by atoms with Gasteiger partial charge in [-0.15, -0.1) is 0 Å². The molecule has 1 aliphatic heterocycles. The molecular formula is C15H17N3O4. The van der Waals surface area contributed by atoms with E-state index >= 15 is 0 Å². The monoisotopic (exact) mass is 303 g/mol. The van der Waals surface area contributed by atoms with Crippen LogP contribution in [0.25, 0.3) is 0 Å². The van der Waals surface area contributed by atoms with Crippen molar-refractivity contribution < 1.29 is 18.8 Å². The molecule has 3 rings (SSSR count). The number of nitrogens with zero attached hydrogens (tertiary/aromatic N) is 3. The first kappa shape index (κ1) is 14.5. The second kappa shape index (κ2) is 6.57. The first-order valence-corrected chi connectivity index (χ1v) is 7.06. The quantitative estimate of drug-likeness (QED) is 0.811. The maximum absolute atomic E-state index is 11.9. The molecule has 2 aromatic rings. The van der Waals surface area contributed by atoms with Crippen molar-refractivity contribution in [2.45, 2.75) is 19.0 Å². The predicted molar refractivity (Wildman–Crippen MR) is 76.0 cm³/mol. The Balaban J connectivity index is 1.72. The smallest absolute Gasteiger partial charge is 0.410 e. The number of methoxy groups -OCH3 is 1. The van der Waals surface area contributed by atoms with Gasteiger partial charge in [0.15, 0.2) is 5.82 Å². The number of hydrogen-bond donors (Lipinski definition) is 0. The molecule has 7 heteroatoms.